The summed E-state index contributed by atoms with van der Waals surface area (Å²) in [7, 11) is 0. The van der Waals surface area contributed by atoms with Crippen molar-refractivity contribution >= 4 is 11.7 Å². The number of carbonyl (C=O) groups excluding carboxylic acids is 1. The summed E-state index contributed by atoms with van der Waals surface area (Å²) in [6, 6.07) is 14.5. The Bertz CT molecular complexity index is 984. The monoisotopic (exact) mass is 395 g/mol. The lowest BCUT2D eigenvalue weighted by Gasteiger charge is -2.25. The second-order valence-electron chi connectivity index (χ2n) is 7.04. The molecule has 2 heterocycles. The molecule has 1 atom stereocenters. The number of rotatable bonds is 6. The third kappa shape index (κ3) is 4.31. The maximum atomic E-state index is 12.6. The molecule has 0 unspecified atom stereocenters. The highest BCUT2D eigenvalue weighted by molar-refractivity contribution is 5.96. The third-order valence-corrected chi connectivity index (χ3v) is 4.24. The van der Waals surface area contributed by atoms with Crippen LogP contribution >= 0.6 is 0 Å². The fourth-order valence-corrected chi connectivity index (χ4v) is 2.78. The van der Waals surface area contributed by atoms with E-state index in [1.807, 2.05) is 36.4 Å². The lowest BCUT2D eigenvalue weighted by molar-refractivity contribution is -0.125. The molecule has 29 heavy (non-hydrogen) atoms. The van der Waals surface area contributed by atoms with Crippen molar-refractivity contribution in [2.24, 2.45) is 5.92 Å². The van der Waals surface area contributed by atoms with Gasteiger partial charge in [0.05, 0.1) is 6.61 Å². The molecule has 0 saturated carbocycles. The summed E-state index contributed by atoms with van der Waals surface area (Å²) in [5.41, 5.74) is 1.16. The average molecular weight is 395 g/mol. The molecule has 150 valence electrons. The van der Waals surface area contributed by atoms with Crippen molar-refractivity contribution in [2.75, 3.05) is 18.5 Å². The van der Waals surface area contributed by atoms with E-state index in [1.165, 1.54) is 0 Å². The number of anilines is 1. The zero-order valence-corrected chi connectivity index (χ0v) is 16.1. The number of nitrogens with zero attached hydrogens (tertiary/aromatic N) is 2. The summed E-state index contributed by atoms with van der Waals surface area (Å²) >= 11 is 0. The third-order valence-electron chi connectivity index (χ3n) is 4.24. The number of carbonyl (C=O) groups is 1. The molecule has 0 aliphatic carbocycles. The average Bonchev–Trinajstić information content (AvgIpc) is 3.20. The predicted molar refractivity (Wildman–Crippen MR) is 105 cm³/mol. The van der Waals surface area contributed by atoms with E-state index in [9.17, 15) is 4.79 Å². The number of fused-ring (bicyclic) bond motifs is 1. The smallest absolute Gasteiger partial charge is 0.270 e. The molecular formula is C21H21N3O5. The number of hydrogen-bond donors (Lipinski definition) is 1. The Kier molecular flexibility index (Phi) is 5.33. The van der Waals surface area contributed by atoms with Crippen molar-refractivity contribution in [3.05, 3.63) is 48.5 Å². The van der Waals surface area contributed by atoms with E-state index in [-0.39, 0.29) is 12.4 Å². The van der Waals surface area contributed by atoms with Gasteiger partial charge < -0.3 is 19.5 Å². The number of amides is 1. The first-order valence-corrected chi connectivity index (χ1v) is 9.35. The van der Waals surface area contributed by atoms with Crippen LogP contribution in [0.1, 0.15) is 13.8 Å². The van der Waals surface area contributed by atoms with E-state index in [2.05, 4.69) is 29.5 Å². The summed E-state index contributed by atoms with van der Waals surface area (Å²) in [5.74, 6) is 2.15. The van der Waals surface area contributed by atoms with Gasteiger partial charge in [0.15, 0.2) is 17.2 Å². The van der Waals surface area contributed by atoms with Crippen LogP contribution in [-0.2, 0) is 4.79 Å². The standard InChI is InChI=1S/C21H21N3O5/c1-13(2)11-26-15-9-7-14(8-10-15)19-20(24-29-23-19)22-21(25)18-12-27-16-5-3-4-6-17(16)28-18/h3-10,13,18H,11-12H2,1-2H3,(H,22,24,25)/t18-/m1/s1. The molecule has 1 amide bonds. The van der Waals surface area contributed by atoms with Gasteiger partial charge >= 0.3 is 0 Å². The number of aromatic nitrogens is 2. The van der Waals surface area contributed by atoms with Crippen molar-refractivity contribution in [1.29, 1.82) is 0 Å². The zero-order chi connectivity index (χ0) is 20.2. The van der Waals surface area contributed by atoms with Crippen LogP contribution in [0.3, 0.4) is 0 Å². The van der Waals surface area contributed by atoms with E-state index in [1.54, 1.807) is 12.1 Å². The van der Waals surface area contributed by atoms with Crippen molar-refractivity contribution in [3.8, 4) is 28.5 Å². The molecule has 1 aromatic heterocycles. The molecule has 0 spiro atoms. The van der Waals surface area contributed by atoms with Crippen molar-refractivity contribution in [1.82, 2.24) is 10.3 Å². The van der Waals surface area contributed by atoms with Gasteiger partial charge in [0, 0.05) is 5.56 Å². The second kappa shape index (κ2) is 8.22. The van der Waals surface area contributed by atoms with Crippen LogP contribution in [0.4, 0.5) is 5.82 Å². The van der Waals surface area contributed by atoms with Crippen molar-refractivity contribution in [2.45, 2.75) is 20.0 Å². The molecule has 0 saturated heterocycles. The Morgan fingerprint density at radius 1 is 1.14 bits per heavy atom. The molecule has 0 radical (unpaired) electrons. The van der Waals surface area contributed by atoms with Gasteiger partial charge in [0.2, 0.25) is 11.9 Å². The fourth-order valence-electron chi connectivity index (χ4n) is 2.78. The number of ether oxygens (including phenoxy) is 3. The predicted octanol–water partition coefficient (Wildman–Crippen LogP) is 3.55. The Hall–Kier alpha value is -3.55. The van der Waals surface area contributed by atoms with Crippen LogP contribution in [0.15, 0.2) is 53.2 Å². The lowest BCUT2D eigenvalue weighted by Crippen LogP contribution is -2.40. The van der Waals surface area contributed by atoms with Gasteiger partial charge in [-0.3, -0.25) is 4.79 Å². The summed E-state index contributed by atoms with van der Waals surface area (Å²) in [4.78, 5) is 12.6. The maximum absolute atomic E-state index is 12.6. The summed E-state index contributed by atoms with van der Waals surface area (Å²) in [5, 5.41) is 10.4. The Balaban J connectivity index is 1.44. The summed E-state index contributed by atoms with van der Waals surface area (Å²) < 4.78 is 21.8. The van der Waals surface area contributed by atoms with Gasteiger partial charge in [-0.2, -0.15) is 0 Å². The van der Waals surface area contributed by atoms with E-state index in [4.69, 9.17) is 18.8 Å². The molecule has 2 aromatic carbocycles. The van der Waals surface area contributed by atoms with Gasteiger partial charge in [-0.05, 0) is 52.6 Å². The van der Waals surface area contributed by atoms with Gasteiger partial charge in [0.1, 0.15) is 12.4 Å². The molecule has 0 fully saturated rings. The van der Waals surface area contributed by atoms with Crippen molar-refractivity contribution < 1.29 is 23.6 Å². The van der Waals surface area contributed by atoms with Crippen LogP contribution < -0.4 is 19.5 Å². The number of nitrogens with one attached hydrogen (secondary N) is 1. The normalized spacial score (nSPS) is 15.2. The van der Waals surface area contributed by atoms with Gasteiger partial charge in [-0.25, -0.2) is 4.63 Å². The quantitative estimate of drug-likeness (QED) is 0.682. The Morgan fingerprint density at radius 3 is 2.66 bits per heavy atom. The van der Waals surface area contributed by atoms with Crippen LogP contribution in [0, 0.1) is 5.92 Å². The SMILES string of the molecule is CC(C)COc1ccc(-c2nonc2NC(=O)[C@H]2COc3ccccc3O2)cc1. The first kappa shape index (κ1) is 18.8. The molecule has 1 N–H and O–H groups in total. The Labute approximate surface area is 167 Å². The molecule has 8 nitrogen and oxygen atoms in total. The Morgan fingerprint density at radius 2 is 1.90 bits per heavy atom. The van der Waals surface area contributed by atoms with Crippen molar-refractivity contribution in [3.63, 3.8) is 0 Å². The molecule has 1 aliphatic rings. The molecule has 0 bridgehead atoms. The van der Waals surface area contributed by atoms with E-state index >= 15 is 0 Å². The lowest BCUT2D eigenvalue weighted by atomic mass is 10.1. The van der Waals surface area contributed by atoms with Crippen LogP contribution in [0.25, 0.3) is 11.3 Å². The molecule has 8 heteroatoms. The van der Waals surface area contributed by atoms with Crippen LogP contribution in [0.2, 0.25) is 0 Å². The molecule has 4 rings (SSSR count). The van der Waals surface area contributed by atoms with E-state index in [0.29, 0.717) is 29.7 Å². The minimum Gasteiger partial charge on any atom is -0.493 e. The molecular weight excluding hydrogens is 374 g/mol. The topological polar surface area (TPSA) is 95.7 Å². The first-order chi connectivity index (χ1) is 14.1. The van der Waals surface area contributed by atoms with E-state index < -0.39 is 12.0 Å². The summed E-state index contributed by atoms with van der Waals surface area (Å²) in [6.07, 6.45) is -0.804. The highest BCUT2D eigenvalue weighted by Gasteiger charge is 2.29. The summed E-state index contributed by atoms with van der Waals surface area (Å²) in [6.45, 7) is 4.91. The number of hydrogen-bond acceptors (Lipinski definition) is 7. The zero-order valence-electron chi connectivity index (χ0n) is 16.1. The van der Waals surface area contributed by atoms with Gasteiger partial charge in [-0.15, -0.1) is 0 Å². The van der Waals surface area contributed by atoms with Crippen LogP contribution in [-0.4, -0.2) is 35.5 Å². The fraction of sp³-hybridized carbons (Fsp3) is 0.286. The second-order valence-corrected chi connectivity index (χ2v) is 7.04. The number of benzene rings is 2. The van der Waals surface area contributed by atoms with E-state index in [0.717, 1.165) is 11.3 Å². The highest BCUT2D eigenvalue weighted by Crippen LogP contribution is 2.32. The number of para-hydroxylation sites is 2. The van der Waals surface area contributed by atoms with Gasteiger partial charge in [0.25, 0.3) is 5.91 Å². The maximum Gasteiger partial charge on any atom is 0.270 e. The van der Waals surface area contributed by atoms with Gasteiger partial charge in [-0.1, -0.05) is 26.0 Å². The molecule has 3 aromatic rings. The molecule has 1 aliphatic heterocycles. The van der Waals surface area contributed by atoms with Crippen LogP contribution in [0.5, 0.6) is 17.2 Å². The first-order valence-electron chi connectivity index (χ1n) is 9.35. The minimum atomic E-state index is -0.804. The largest absolute Gasteiger partial charge is 0.493 e. The highest BCUT2D eigenvalue weighted by atomic mass is 16.6. The minimum absolute atomic E-state index is 0.103.